The predicted octanol–water partition coefficient (Wildman–Crippen LogP) is 3.97. The van der Waals surface area contributed by atoms with E-state index in [0.29, 0.717) is 28.0 Å². The molecule has 0 aliphatic heterocycles. The van der Waals surface area contributed by atoms with Crippen molar-refractivity contribution < 1.29 is 14.6 Å². The Bertz CT molecular complexity index is 898. The molecular weight excluding hydrogens is 328 g/mol. The van der Waals surface area contributed by atoms with Gasteiger partial charge in [-0.3, -0.25) is 4.79 Å². The SMILES string of the molecule is Cc1nc(C(=O)NCCl)c(O)c2ccc(Oc3ccccc3)cc12. The maximum Gasteiger partial charge on any atom is 0.274 e. The van der Waals surface area contributed by atoms with Crippen molar-refractivity contribution in [1.29, 1.82) is 0 Å². The zero-order chi connectivity index (χ0) is 17.1. The number of aryl methyl sites for hydroxylation is 1. The number of alkyl halides is 1. The number of benzene rings is 2. The molecule has 1 heterocycles. The minimum atomic E-state index is -0.517. The van der Waals surface area contributed by atoms with Crippen LogP contribution in [0.15, 0.2) is 48.5 Å². The summed E-state index contributed by atoms with van der Waals surface area (Å²) in [4.78, 5) is 16.1. The lowest BCUT2D eigenvalue weighted by Gasteiger charge is -2.11. The number of ether oxygens (including phenoxy) is 1. The zero-order valence-corrected chi connectivity index (χ0v) is 13.7. The van der Waals surface area contributed by atoms with Crippen LogP contribution in [0.4, 0.5) is 0 Å². The van der Waals surface area contributed by atoms with Crippen LogP contribution in [-0.2, 0) is 0 Å². The van der Waals surface area contributed by atoms with E-state index in [9.17, 15) is 9.90 Å². The summed E-state index contributed by atoms with van der Waals surface area (Å²) in [6.45, 7) is 1.77. The van der Waals surface area contributed by atoms with Crippen LogP contribution in [-0.4, -0.2) is 22.0 Å². The minimum absolute atomic E-state index is 0.0441. The van der Waals surface area contributed by atoms with Gasteiger partial charge in [0.2, 0.25) is 0 Å². The van der Waals surface area contributed by atoms with Crippen LogP contribution in [0.5, 0.6) is 17.2 Å². The number of nitrogens with zero attached hydrogens (tertiary/aromatic N) is 1. The highest BCUT2D eigenvalue weighted by atomic mass is 35.5. The van der Waals surface area contributed by atoms with E-state index in [-0.39, 0.29) is 17.4 Å². The molecule has 0 radical (unpaired) electrons. The predicted molar refractivity (Wildman–Crippen MR) is 92.8 cm³/mol. The van der Waals surface area contributed by atoms with E-state index in [2.05, 4.69) is 10.3 Å². The largest absolute Gasteiger partial charge is 0.505 e. The number of pyridine rings is 1. The lowest BCUT2D eigenvalue weighted by Crippen LogP contribution is -2.23. The number of rotatable bonds is 4. The minimum Gasteiger partial charge on any atom is -0.505 e. The van der Waals surface area contributed by atoms with Crippen LogP contribution in [0.1, 0.15) is 16.2 Å². The topological polar surface area (TPSA) is 71.5 Å². The molecule has 0 spiro atoms. The Morgan fingerprint density at radius 1 is 1.17 bits per heavy atom. The maximum absolute atomic E-state index is 11.9. The second-order valence-corrected chi connectivity index (χ2v) is 5.42. The lowest BCUT2D eigenvalue weighted by molar-refractivity contribution is 0.0952. The average Bonchev–Trinajstić information content (AvgIpc) is 2.59. The number of fused-ring (bicyclic) bond motifs is 1. The molecule has 6 heteroatoms. The van der Waals surface area contributed by atoms with Crippen molar-refractivity contribution in [2.75, 3.05) is 6.00 Å². The number of para-hydroxylation sites is 1. The molecule has 0 aliphatic rings. The van der Waals surface area contributed by atoms with E-state index in [0.717, 1.165) is 0 Å². The molecule has 1 amide bonds. The van der Waals surface area contributed by atoms with Gasteiger partial charge < -0.3 is 15.2 Å². The highest BCUT2D eigenvalue weighted by Gasteiger charge is 2.17. The number of carbonyl (C=O) groups is 1. The Kier molecular flexibility index (Phi) is 4.53. The number of nitrogens with one attached hydrogen (secondary N) is 1. The third-order valence-corrected chi connectivity index (χ3v) is 3.69. The van der Waals surface area contributed by atoms with Gasteiger partial charge in [-0.05, 0) is 37.3 Å². The van der Waals surface area contributed by atoms with Crippen LogP contribution >= 0.6 is 11.6 Å². The first kappa shape index (κ1) is 16.1. The Morgan fingerprint density at radius 2 is 1.92 bits per heavy atom. The van der Waals surface area contributed by atoms with Crippen LogP contribution in [0.2, 0.25) is 0 Å². The number of halogens is 1. The highest BCUT2D eigenvalue weighted by molar-refractivity contribution is 6.19. The van der Waals surface area contributed by atoms with E-state index in [1.807, 2.05) is 30.3 Å². The zero-order valence-electron chi connectivity index (χ0n) is 12.9. The number of aromatic hydroxyl groups is 1. The summed E-state index contributed by atoms with van der Waals surface area (Å²) in [5.41, 5.74) is 0.568. The number of hydrogen-bond acceptors (Lipinski definition) is 4. The van der Waals surface area contributed by atoms with Gasteiger partial charge in [-0.15, -0.1) is 11.6 Å². The third-order valence-electron chi connectivity index (χ3n) is 3.56. The van der Waals surface area contributed by atoms with E-state index in [1.54, 1.807) is 25.1 Å². The van der Waals surface area contributed by atoms with Crippen LogP contribution in [0.25, 0.3) is 10.8 Å². The molecule has 2 aromatic carbocycles. The van der Waals surface area contributed by atoms with Crippen LogP contribution < -0.4 is 10.1 Å². The van der Waals surface area contributed by atoms with Crippen molar-refractivity contribution in [3.8, 4) is 17.2 Å². The molecule has 0 saturated carbocycles. The van der Waals surface area contributed by atoms with Gasteiger partial charge in [0, 0.05) is 16.5 Å². The van der Waals surface area contributed by atoms with Gasteiger partial charge in [0.15, 0.2) is 11.4 Å². The molecule has 3 aromatic rings. The Balaban J connectivity index is 2.03. The first-order chi connectivity index (χ1) is 11.6. The summed E-state index contributed by atoms with van der Waals surface area (Å²) in [7, 11) is 0. The molecule has 24 heavy (non-hydrogen) atoms. The molecule has 0 aliphatic carbocycles. The fourth-order valence-electron chi connectivity index (χ4n) is 2.43. The standard InChI is InChI=1S/C18H15ClN2O3/c1-11-15-9-13(24-12-5-3-2-4-6-12)7-8-14(15)17(22)16(21-11)18(23)20-10-19/h2-9,22H,10H2,1H3,(H,20,23). The van der Waals surface area contributed by atoms with Crippen molar-refractivity contribution in [2.24, 2.45) is 0 Å². The molecule has 0 bridgehead atoms. The van der Waals surface area contributed by atoms with Crippen LogP contribution in [0, 0.1) is 6.92 Å². The molecule has 0 fully saturated rings. The number of carbonyl (C=O) groups excluding carboxylic acids is 1. The first-order valence-corrected chi connectivity index (χ1v) is 7.84. The van der Waals surface area contributed by atoms with E-state index < -0.39 is 5.91 Å². The summed E-state index contributed by atoms with van der Waals surface area (Å²) in [5.74, 6) is 0.641. The van der Waals surface area contributed by atoms with Gasteiger partial charge >= 0.3 is 0 Å². The van der Waals surface area contributed by atoms with Crippen molar-refractivity contribution >= 4 is 28.3 Å². The number of aromatic nitrogens is 1. The quantitative estimate of drug-likeness (QED) is 0.556. The van der Waals surface area contributed by atoms with Crippen LogP contribution in [0.3, 0.4) is 0 Å². The van der Waals surface area contributed by atoms with Gasteiger partial charge in [0.05, 0.1) is 6.00 Å². The fourth-order valence-corrected chi connectivity index (χ4v) is 2.55. The summed E-state index contributed by atoms with van der Waals surface area (Å²) < 4.78 is 5.79. The van der Waals surface area contributed by atoms with Crippen molar-refractivity contribution in [2.45, 2.75) is 6.92 Å². The molecule has 3 rings (SSSR count). The van der Waals surface area contributed by atoms with Gasteiger partial charge in [0.25, 0.3) is 5.91 Å². The van der Waals surface area contributed by atoms with Gasteiger partial charge in [-0.2, -0.15) is 0 Å². The van der Waals surface area contributed by atoms with Crippen molar-refractivity contribution in [3.63, 3.8) is 0 Å². The number of hydrogen-bond donors (Lipinski definition) is 2. The normalized spacial score (nSPS) is 10.6. The van der Waals surface area contributed by atoms with Gasteiger partial charge in [-0.25, -0.2) is 4.98 Å². The van der Waals surface area contributed by atoms with Crippen molar-refractivity contribution in [1.82, 2.24) is 10.3 Å². The highest BCUT2D eigenvalue weighted by Crippen LogP contribution is 2.33. The smallest absolute Gasteiger partial charge is 0.274 e. The Hall–Kier alpha value is -2.79. The van der Waals surface area contributed by atoms with Gasteiger partial charge in [-0.1, -0.05) is 18.2 Å². The van der Waals surface area contributed by atoms with E-state index in [4.69, 9.17) is 16.3 Å². The first-order valence-electron chi connectivity index (χ1n) is 7.30. The summed E-state index contributed by atoms with van der Waals surface area (Å²) >= 11 is 5.50. The molecule has 1 aromatic heterocycles. The monoisotopic (exact) mass is 342 g/mol. The molecule has 0 atom stereocenters. The van der Waals surface area contributed by atoms with Gasteiger partial charge in [0.1, 0.15) is 11.5 Å². The molecule has 2 N–H and O–H groups in total. The second kappa shape index (κ2) is 6.76. The summed E-state index contributed by atoms with van der Waals surface area (Å²) in [6.07, 6.45) is 0. The lowest BCUT2D eigenvalue weighted by atomic mass is 10.1. The fraction of sp³-hybridized carbons (Fsp3) is 0.111. The Labute approximate surface area is 143 Å². The summed E-state index contributed by atoms with van der Waals surface area (Å²) in [6, 6.07) is 14.6. The van der Waals surface area contributed by atoms with E-state index in [1.165, 1.54) is 0 Å². The molecule has 122 valence electrons. The Morgan fingerprint density at radius 3 is 2.62 bits per heavy atom. The van der Waals surface area contributed by atoms with E-state index >= 15 is 0 Å². The molecule has 0 unspecified atom stereocenters. The molecule has 5 nitrogen and oxygen atoms in total. The third kappa shape index (κ3) is 3.12. The number of amides is 1. The second-order valence-electron chi connectivity index (χ2n) is 5.16. The summed E-state index contributed by atoms with van der Waals surface area (Å²) in [5, 5.41) is 14.0. The molecular formula is C18H15ClN2O3. The average molecular weight is 343 g/mol. The van der Waals surface area contributed by atoms with Crippen molar-refractivity contribution in [3.05, 3.63) is 59.9 Å². The molecule has 0 saturated heterocycles. The maximum atomic E-state index is 11.9.